The zero-order valence-electron chi connectivity index (χ0n) is 8.69. The van der Waals surface area contributed by atoms with Crippen LogP contribution in [-0.4, -0.2) is 28.3 Å². The largest absolute Gasteiger partial charge is 0.460 e. The molecule has 1 aromatic carbocycles. The number of para-hydroxylation sites is 2. The fourth-order valence-corrected chi connectivity index (χ4v) is 1.35. The molecular weight excluding hydrogens is 208 g/mol. The number of ether oxygens (including phenoxy) is 1. The van der Waals surface area contributed by atoms with E-state index in [0.717, 1.165) is 5.52 Å². The summed E-state index contributed by atoms with van der Waals surface area (Å²) >= 11 is 0. The average Bonchev–Trinajstić information content (AvgIpc) is 2.71. The smallest absolute Gasteiger partial charge is 0.383 e. The summed E-state index contributed by atoms with van der Waals surface area (Å²) in [6.45, 7) is 1.81. The van der Waals surface area contributed by atoms with Crippen molar-refractivity contribution in [1.82, 2.24) is 9.97 Å². The Kier molecular flexibility index (Phi) is 2.68. The number of H-pyrrole nitrogens is 1. The van der Waals surface area contributed by atoms with Gasteiger partial charge in [0.25, 0.3) is 0 Å². The molecule has 1 aromatic heterocycles. The van der Waals surface area contributed by atoms with Crippen LogP contribution in [0.2, 0.25) is 0 Å². The van der Waals surface area contributed by atoms with Crippen LogP contribution >= 0.6 is 0 Å². The van der Waals surface area contributed by atoms with Gasteiger partial charge in [0.1, 0.15) is 0 Å². The number of Topliss-reactive ketones (excluding diaryl/α,β-unsaturated/α-hetero) is 1. The maximum Gasteiger partial charge on any atom is 0.383 e. The molecule has 0 bridgehead atoms. The van der Waals surface area contributed by atoms with Gasteiger partial charge in [-0.2, -0.15) is 0 Å². The van der Waals surface area contributed by atoms with Crippen molar-refractivity contribution in [1.29, 1.82) is 0 Å². The molecule has 0 saturated heterocycles. The predicted octanol–water partition coefficient (Wildman–Crippen LogP) is 1.31. The van der Waals surface area contributed by atoms with E-state index in [1.165, 1.54) is 0 Å². The second kappa shape index (κ2) is 4.14. The molecule has 0 fully saturated rings. The van der Waals surface area contributed by atoms with E-state index in [0.29, 0.717) is 5.52 Å². The lowest BCUT2D eigenvalue weighted by Crippen LogP contribution is -2.18. The summed E-state index contributed by atoms with van der Waals surface area (Å²) in [5.74, 6) is -1.63. The van der Waals surface area contributed by atoms with Crippen LogP contribution < -0.4 is 0 Å². The molecule has 0 spiro atoms. The van der Waals surface area contributed by atoms with Crippen LogP contribution in [0.25, 0.3) is 11.0 Å². The van der Waals surface area contributed by atoms with Gasteiger partial charge in [0.15, 0.2) is 5.82 Å². The van der Waals surface area contributed by atoms with Crippen molar-refractivity contribution < 1.29 is 14.3 Å². The van der Waals surface area contributed by atoms with Crippen LogP contribution in [0.15, 0.2) is 24.3 Å². The van der Waals surface area contributed by atoms with Gasteiger partial charge in [-0.15, -0.1) is 0 Å². The van der Waals surface area contributed by atoms with Gasteiger partial charge in [-0.25, -0.2) is 9.78 Å². The van der Waals surface area contributed by atoms with Crippen molar-refractivity contribution in [3.05, 3.63) is 30.1 Å². The Bertz CT molecular complexity index is 512. The number of hydrogen-bond acceptors (Lipinski definition) is 4. The topological polar surface area (TPSA) is 72.1 Å². The van der Waals surface area contributed by atoms with Gasteiger partial charge in [0.2, 0.25) is 0 Å². The highest BCUT2D eigenvalue weighted by Gasteiger charge is 2.20. The van der Waals surface area contributed by atoms with Gasteiger partial charge in [0, 0.05) is 0 Å². The van der Waals surface area contributed by atoms with E-state index in [-0.39, 0.29) is 12.4 Å². The third-order valence-electron chi connectivity index (χ3n) is 2.07. The molecule has 0 saturated carbocycles. The van der Waals surface area contributed by atoms with E-state index in [1.807, 2.05) is 12.1 Å². The molecule has 82 valence electrons. The Morgan fingerprint density at radius 1 is 1.38 bits per heavy atom. The summed E-state index contributed by atoms with van der Waals surface area (Å²) in [6.07, 6.45) is 0. The molecule has 0 unspecified atom stereocenters. The summed E-state index contributed by atoms with van der Waals surface area (Å²) in [7, 11) is 0. The molecule has 0 aliphatic rings. The molecular formula is C11H10N2O3. The second-order valence-corrected chi connectivity index (χ2v) is 3.15. The first-order valence-corrected chi connectivity index (χ1v) is 4.88. The van der Waals surface area contributed by atoms with E-state index in [9.17, 15) is 9.59 Å². The molecule has 1 N–H and O–H groups in total. The van der Waals surface area contributed by atoms with Crippen molar-refractivity contribution in [3.63, 3.8) is 0 Å². The van der Waals surface area contributed by atoms with Gasteiger partial charge in [-0.1, -0.05) is 12.1 Å². The van der Waals surface area contributed by atoms with Crippen molar-refractivity contribution in [2.75, 3.05) is 6.61 Å². The third-order valence-corrected chi connectivity index (χ3v) is 2.07. The number of hydrogen-bond donors (Lipinski definition) is 1. The molecule has 2 rings (SSSR count). The molecule has 0 atom stereocenters. The highest BCUT2D eigenvalue weighted by Crippen LogP contribution is 2.10. The lowest BCUT2D eigenvalue weighted by molar-refractivity contribution is -0.137. The summed E-state index contributed by atoms with van der Waals surface area (Å²) in [4.78, 5) is 29.5. The number of carbonyl (C=O) groups is 2. The Labute approximate surface area is 91.4 Å². The van der Waals surface area contributed by atoms with Gasteiger partial charge in [0.05, 0.1) is 17.6 Å². The minimum Gasteiger partial charge on any atom is -0.460 e. The second-order valence-electron chi connectivity index (χ2n) is 3.15. The number of carbonyl (C=O) groups excluding carboxylic acids is 2. The number of nitrogens with one attached hydrogen (secondary N) is 1. The average molecular weight is 218 g/mol. The Morgan fingerprint density at radius 3 is 2.81 bits per heavy atom. The molecule has 2 aromatic rings. The van der Waals surface area contributed by atoms with E-state index >= 15 is 0 Å². The van der Waals surface area contributed by atoms with Crippen LogP contribution in [0.1, 0.15) is 17.5 Å². The normalized spacial score (nSPS) is 10.3. The zero-order valence-corrected chi connectivity index (χ0v) is 8.69. The molecule has 0 aliphatic carbocycles. The van der Waals surface area contributed by atoms with Gasteiger partial charge in [-0.3, -0.25) is 4.79 Å². The molecule has 0 aliphatic heterocycles. The number of nitrogens with zero attached hydrogens (tertiary/aromatic N) is 1. The number of fused-ring (bicyclic) bond motifs is 1. The molecule has 0 radical (unpaired) electrons. The Balaban J connectivity index is 2.33. The van der Waals surface area contributed by atoms with Gasteiger partial charge in [-0.05, 0) is 19.1 Å². The fraction of sp³-hybridized carbons (Fsp3) is 0.182. The van der Waals surface area contributed by atoms with Crippen LogP contribution in [0.3, 0.4) is 0 Å². The number of ketones is 1. The van der Waals surface area contributed by atoms with Crippen LogP contribution in [0, 0.1) is 0 Å². The summed E-state index contributed by atoms with van der Waals surface area (Å²) < 4.78 is 4.61. The minimum atomic E-state index is -0.887. The lowest BCUT2D eigenvalue weighted by atomic mass is 10.3. The van der Waals surface area contributed by atoms with Crippen LogP contribution in [0.5, 0.6) is 0 Å². The van der Waals surface area contributed by atoms with Crippen molar-refractivity contribution >= 4 is 22.8 Å². The lowest BCUT2D eigenvalue weighted by Gasteiger charge is -1.96. The molecule has 5 heteroatoms. The van der Waals surface area contributed by atoms with E-state index in [1.54, 1.807) is 19.1 Å². The third kappa shape index (κ3) is 1.79. The molecule has 5 nitrogen and oxygen atoms in total. The highest BCUT2D eigenvalue weighted by molar-refractivity contribution is 6.39. The number of benzene rings is 1. The summed E-state index contributed by atoms with van der Waals surface area (Å²) in [6, 6.07) is 7.17. The molecule has 16 heavy (non-hydrogen) atoms. The quantitative estimate of drug-likeness (QED) is 0.479. The van der Waals surface area contributed by atoms with Crippen LogP contribution in [0.4, 0.5) is 0 Å². The highest BCUT2D eigenvalue weighted by atomic mass is 16.5. The minimum absolute atomic E-state index is 0.0136. The maximum absolute atomic E-state index is 11.5. The number of rotatable bonds is 3. The number of imidazole rings is 1. The molecule has 1 heterocycles. The summed E-state index contributed by atoms with van der Waals surface area (Å²) in [5.41, 5.74) is 1.37. The number of aromatic nitrogens is 2. The Hall–Kier alpha value is -2.17. The van der Waals surface area contributed by atoms with Crippen molar-refractivity contribution in [2.24, 2.45) is 0 Å². The van der Waals surface area contributed by atoms with Crippen molar-refractivity contribution in [3.8, 4) is 0 Å². The number of aromatic amines is 1. The fourth-order valence-electron chi connectivity index (χ4n) is 1.35. The monoisotopic (exact) mass is 218 g/mol. The van der Waals surface area contributed by atoms with Crippen LogP contribution in [-0.2, 0) is 9.53 Å². The standard InChI is InChI=1S/C11H10N2O3/c1-2-16-11(15)9(14)10-12-7-5-3-4-6-8(7)13-10/h3-6H,2H2,1H3,(H,12,13). The Morgan fingerprint density at radius 2 is 2.12 bits per heavy atom. The van der Waals surface area contributed by atoms with E-state index < -0.39 is 11.8 Å². The van der Waals surface area contributed by atoms with Gasteiger partial charge >= 0.3 is 11.8 Å². The van der Waals surface area contributed by atoms with E-state index in [2.05, 4.69) is 14.7 Å². The first-order chi connectivity index (χ1) is 7.72. The first-order valence-electron chi connectivity index (χ1n) is 4.88. The summed E-state index contributed by atoms with van der Waals surface area (Å²) in [5, 5.41) is 0. The van der Waals surface area contributed by atoms with Gasteiger partial charge < -0.3 is 9.72 Å². The SMILES string of the molecule is CCOC(=O)C(=O)c1nc2ccccc2[nH]1. The van der Waals surface area contributed by atoms with Crippen molar-refractivity contribution in [2.45, 2.75) is 6.92 Å². The first kappa shape index (κ1) is 10.4. The zero-order chi connectivity index (χ0) is 11.5. The van der Waals surface area contributed by atoms with E-state index in [4.69, 9.17) is 0 Å². The number of esters is 1. The predicted molar refractivity (Wildman–Crippen MR) is 57.1 cm³/mol. The molecule has 0 amide bonds. The maximum atomic E-state index is 11.5.